The number of carbonyl (C=O) groups excluding carboxylic acids is 1. The largest absolute Gasteiger partial charge is 0.508 e. The fraction of sp³-hybridized carbons (Fsp3) is 0.452. The number of hydrogen-bond donors (Lipinski definition) is 13. The zero-order chi connectivity index (χ0) is 46.9. The second-order valence-corrected chi connectivity index (χ2v) is 15.4. The topological polar surface area (TPSA) is 363 Å². The summed E-state index contributed by atoms with van der Waals surface area (Å²) in [5.74, 6) is -3.08. The molecule has 3 aromatic carbocycles. The molecular formula is C42H48O23. The highest BCUT2D eigenvalue weighted by Crippen LogP contribution is 2.46. The van der Waals surface area contributed by atoms with Crippen LogP contribution in [-0.4, -0.2) is 185 Å². The lowest BCUT2D eigenvalue weighted by atomic mass is 9.97. The van der Waals surface area contributed by atoms with E-state index in [-0.39, 0.29) is 39.9 Å². The van der Waals surface area contributed by atoms with Crippen molar-refractivity contribution in [2.75, 3.05) is 26.9 Å². The number of aromatic hydroxyl groups is 5. The lowest BCUT2D eigenvalue weighted by molar-refractivity contribution is -0.360. The number of rotatable bonds is 13. The summed E-state index contributed by atoms with van der Waals surface area (Å²) < 4.78 is 51.2. The maximum Gasteiger partial charge on any atom is 0.330 e. The Morgan fingerprint density at radius 3 is 2.14 bits per heavy atom. The van der Waals surface area contributed by atoms with Crippen molar-refractivity contribution in [1.29, 1.82) is 0 Å². The molecule has 23 nitrogen and oxygen atoms in total. The van der Waals surface area contributed by atoms with E-state index in [0.29, 0.717) is 5.56 Å². The quantitative estimate of drug-likeness (QED) is 0.0504. The second-order valence-electron chi connectivity index (χ2n) is 15.4. The Balaban J connectivity index is 1.10. The van der Waals surface area contributed by atoms with Gasteiger partial charge in [0.25, 0.3) is 0 Å². The molecular weight excluding hydrogens is 872 g/mol. The predicted octanol–water partition coefficient (Wildman–Crippen LogP) is -1.93. The third-order valence-electron chi connectivity index (χ3n) is 10.9. The van der Waals surface area contributed by atoms with Crippen molar-refractivity contribution in [3.63, 3.8) is 0 Å². The highest BCUT2D eigenvalue weighted by Gasteiger charge is 2.52. The number of benzene rings is 3. The number of aliphatic hydroxyl groups is 8. The van der Waals surface area contributed by atoms with Crippen molar-refractivity contribution in [1.82, 2.24) is 0 Å². The first-order valence-corrected chi connectivity index (χ1v) is 19.9. The highest BCUT2D eigenvalue weighted by molar-refractivity contribution is 5.87. The van der Waals surface area contributed by atoms with Crippen molar-refractivity contribution >= 4 is 18.1 Å². The molecule has 65 heavy (non-hydrogen) atoms. The third kappa shape index (κ3) is 10.3. The molecule has 3 aromatic rings. The second kappa shape index (κ2) is 19.9. The summed E-state index contributed by atoms with van der Waals surface area (Å²) in [7, 11) is 1.34. The van der Waals surface area contributed by atoms with Crippen LogP contribution in [0.15, 0.2) is 60.4 Å². The molecule has 0 bridgehead atoms. The maximum absolute atomic E-state index is 12.5. The number of hydrogen-bond acceptors (Lipinski definition) is 23. The van der Waals surface area contributed by atoms with Gasteiger partial charge in [-0.05, 0) is 42.0 Å². The van der Waals surface area contributed by atoms with Gasteiger partial charge in [0, 0.05) is 23.8 Å². The fourth-order valence-electron chi connectivity index (χ4n) is 7.30. The van der Waals surface area contributed by atoms with Gasteiger partial charge < -0.3 is 109 Å². The molecule has 354 valence electrons. The van der Waals surface area contributed by atoms with Gasteiger partial charge in [-0.1, -0.05) is 12.1 Å². The summed E-state index contributed by atoms with van der Waals surface area (Å²) in [6.07, 6.45) is -22.9. The zero-order valence-electron chi connectivity index (χ0n) is 34.0. The lowest BCUT2D eigenvalue weighted by Crippen LogP contribution is -2.64. The zero-order valence-corrected chi connectivity index (χ0v) is 34.0. The number of fused-ring (bicyclic) bond motifs is 1. The Morgan fingerprint density at radius 2 is 1.40 bits per heavy atom. The Kier molecular flexibility index (Phi) is 14.5. The lowest BCUT2D eigenvalue weighted by Gasteiger charge is -2.46. The molecule has 0 amide bonds. The van der Waals surface area contributed by atoms with E-state index in [1.54, 1.807) is 0 Å². The van der Waals surface area contributed by atoms with Gasteiger partial charge in [0.2, 0.25) is 6.29 Å². The van der Waals surface area contributed by atoms with Gasteiger partial charge >= 0.3 is 5.97 Å². The van der Waals surface area contributed by atoms with Crippen LogP contribution in [0.5, 0.6) is 40.2 Å². The van der Waals surface area contributed by atoms with Crippen LogP contribution in [0.25, 0.3) is 12.2 Å². The molecule has 0 aromatic heterocycles. The standard InChI is InChI=1S/C42H48O23/c1-57-26-8-16(2-5-21(26)45)3-7-30(49)58-14-28-32(51)34(53)37(56)40(63-28)60-15-29-33(52)35(54)39(65-41-36(55)31(50)24(48)13-59-41)42(64-29)62-27-12-19-22(46)10-18(43)11-25(19)61-38(27)17-4-6-20(44)23(47)9-17/h2-12,24,28-29,31-48,50-56H,13-15H2,1H3/b7-3+/t24-,28-,29-,31+,32-,33+,34+,35+,36-,37-,38-,39-,40-,41+,42-/m1/s1. The first-order valence-electron chi connectivity index (χ1n) is 19.9. The van der Waals surface area contributed by atoms with Crippen LogP contribution in [-0.2, 0) is 38.0 Å². The van der Waals surface area contributed by atoms with Gasteiger partial charge in [0.15, 0.2) is 47.8 Å². The predicted molar refractivity (Wildman–Crippen MR) is 213 cm³/mol. The van der Waals surface area contributed by atoms with Crippen LogP contribution in [0.4, 0.5) is 0 Å². The molecule has 7 rings (SSSR count). The van der Waals surface area contributed by atoms with Crippen molar-refractivity contribution in [2.45, 2.75) is 92.1 Å². The van der Waals surface area contributed by atoms with Crippen LogP contribution in [0.3, 0.4) is 0 Å². The molecule has 15 atom stereocenters. The summed E-state index contributed by atoms with van der Waals surface area (Å²) in [5.41, 5.74) is 0.577. The highest BCUT2D eigenvalue weighted by atomic mass is 16.8. The molecule has 23 heteroatoms. The van der Waals surface area contributed by atoms with E-state index in [1.165, 1.54) is 49.6 Å². The molecule has 0 saturated carbocycles. The van der Waals surface area contributed by atoms with Crippen LogP contribution < -0.4 is 9.47 Å². The molecule has 0 aliphatic carbocycles. The Morgan fingerprint density at radius 1 is 0.708 bits per heavy atom. The van der Waals surface area contributed by atoms with Gasteiger partial charge in [-0.2, -0.15) is 0 Å². The molecule has 0 spiro atoms. The SMILES string of the molecule is COc1cc(/C=C/C(=O)OC[C@H]2O[C@@H](OC[C@H]3O[C@@H](OC4=Cc5c(O)cc(O)cc5O[C@@H]4c4ccc(O)c(O)c4)[C@H](O[C@@H]4OC[C@@H](O)[C@H](O)[C@H]4O)[C@@H](O)[C@H]3O)[C@H](O)[C@@H](O)[C@@H]2O)ccc1O. The van der Waals surface area contributed by atoms with E-state index in [1.807, 2.05) is 0 Å². The smallest absolute Gasteiger partial charge is 0.330 e. The summed E-state index contributed by atoms with van der Waals surface area (Å²) in [5, 5.41) is 137. The van der Waals surface area contributed by atoms with E-state index in [4.69, 9.17) is 42.6 Å². The van der Waals surface area contributed by atoms with Gasteiger partial charge in [-0.3, -0.25) is 0 Å². The maximum atomic E-state index is 12.5. The van der Waals surface area contributed by atoms with Gasteiger partial charge in [-0.15, -0.1) is 0 Å². The third-order valence-corrected chi connectivity index (χ3v) is 10.9. The van der Waals surface area contributed by atoms with Crippen molar-refractivity contribution in [2.24, 2.45) is 0 Å². The molecule has 13 N–H and O–H groups in total. The Labute approximate surface area is 367 Å². The number of carbonyl (C=O) groups is 1. The number of ether oxygens (including phenoxy) is 9. The Hall–Kier alpha value is -5.51. The molecule has 4 aliphatic rings. The molecule has 3 saturated heterocycles. The normalized spacial score (nSPS) is 33.7. The summed E-state index contributed by atoms with van der Waals surface area (Å²) >= 11 is 0. The molecule has 0 unspecified atom stereocenters. The van der Waals surface area contributed by atoms with E-state index in [9.17, 15) is 71.2 Å². The minimum Gasteiger partial charge on any atom is -0.508 e. The average Bonchev–Trinajstić information content (AvgIpc) is 3.28. The first kappa shape index (κ1) is 47.5. The minimum atomic E-state index is -2.02. The number of phenolic OH excluding ortho intramolecular Hbond substituents is 5. The van der Waals surface area contributed by atoms with Crippen molar-refractivity contribution < 1.29 is 114 Å². The fourth-order valence-corrected chi connectivity index (χ4v) is 7.30. The Bertz CT molecular complexity index is 2220. The minimum absolute atomic E-state index is 0.0209. The summed E-state index contributed by atoms with van der Waals surface area (Å²) in [4.78, 5) is 12.5. The summed E-state index contributed by atoms with van der Waals surface area (Å²) in [6.45, 7) is -1.94. The number of phenols is 5. The first-order chi connectivity index (χ1) is 30.9. The van der Waals surface area contributed by atoms with Gasteiger partial charge in [0.05, 0.1) is 25.9 Å². The number of esters is 1. The average molecular weight is 921 g/mol. The van der Waals surface area contributed by atoms with Gasteiger partial charge in [-0.25, -0.2) is 4.79 Å². The van der Waals surface area contributed by atoms with E-state index >= 15 is 0 Å². The van der Waals surface area contributed by atoms with E-state index in [0.717, 1.165) is 24.3 Å². The van der Waals surface area contributed by atoms with Crippen molar-refractivity contribution in [3.05, 3.63) is 77.1 Å². The van der Waals surface area contributed by atoms with Crippen molar-refractivity contribution in [3.8, 4) is 40.2 Å². The number of aliphatic hydroxyl groups excluding tert-OH is 8. The van der Waals surface area contributed by atoms with Gasteiger partial charge in [0.1, 0.15) is 90.7 Å². The van der Waals surface area contributed by atoms with Crippen LogP contribution in [0.2, 0.25) is 0 Å². The van der Waals surface area contributed by atoms with Crippen LogP contribution in [0.1, 0.15) is 22.8 Å². The molecule has 3 fully saturated rings. The van der Waals surface area contributed by atoms with Crippen LogP contribution in [0, 0.1) is 0 Å². The number of methoxy groups -OCH3 is 1. The van der Waals surface area contributed by atoms with Crippen LogP contribution >= 0.6 is 0 Å². The monoisotopic (exact) mass is 920 g/mol. The molecule has 4 aliphatic heterocycles. The summed E-state index contributed by atoms with van der Waals surface area (Å²) in [6, 6.07) is 10.1. The van der Waals surface area contributed by atoms with E-state index in [2.05, 4.69) is 0 Å². The molecule has 0 radical (unpaired) electrons. The van der Waals surface area contributed by atoms with E-state index < -0.39 is 135 Å². The molecule has 4 heterocycles.